The summed E-state index contributed by atoms with van der Waals surface area (Å²) in [6, 6.07) is 0. The molecular formula is C5H6O3. The third-order valence-corrected chi connectivity index (χ3v) is 0.975. The molecule has 0 radical (unpaired) electrons. The fourth-order valence-electron chi connectivity index (χ4n) is 0.507. The molecule has 44 valence electrons. The van der Waals surface area contributed by atoms with Crippen molar-refractivity contribution in [1.29, 1.82) is 0 Å². The Kier molecular flexibility index (Phi) is 0.970. The van der Waals surface area contributed by atoms with E-state index in [-0.39, 0.29) is 5.76 Å². The Balaban J connectivity index is 2.73. The number of aliphatic hydroxyl groups excluding tert-OH is 1. The van der Waals surface area contributed by atoms with Crippen molar-refractivity contribution >= 4 is 5.97 Å². The highest BCUT2D eigenvalue weighted by Crippen LogP contribution is 2.10. The van der Waals surface area contributed by atoms with E-state index in [1.165, 1.54) is 0 Å². The number of hydrogen-bond donors (Lipinski definition) is 1. The van der Waals surface area contributed by atoms with Crippen molar-refractivity contribution in [1.82, 2.24) is 0 Å². The number of ether oxygens (including phenoxy) is 1. The van der Waals surface area contributed by atoms with Gasteiger partial charge in [0, 0.05) is 0 Å². The molecule has 0 bridgehead atoms. The molecule has 0 aromatic rings. The summed E-state index contributed by atoms with van der Waals surface area (Å²) < 4.78 is 4.49. The molecule has 1 unspecified atom stereocenters. The van der Waals surface area contributed by atoms with E-state index >= 15 is 0 Å². The van der Waals surface area contributed by atoms with Gasteiger partial charge in [0.05, 0.1) is 6.08 Å². The second-order valence-electron chi connectivity index (χ2n) is 1.65. The molecule has 1 atom stereocenters. The molecule has 3 heteroatoms. The van der Waals surface area contributed by atoms with Gasteiger partial charge in [0.25, 0.3) is 0 Å². The Morgan fingerprint density at radius 1 is 1.88 bits per heavy atom. The molecule has 0 aliphatic carbocycles. The van der Waals surface area contributed by atoms with Crippen LogP contribution in [0.2, 0.25) is 0 Å². The van der Waals surface area contributed by atoms with E-state index in [2.05, 4.69) is 4.74 Å². The zero-order chi connectivity index (χ0) is 6.15. The molecule has 1 aliphatic heterocycles. The van der Waals surface area contributed by atoms with Gasteiger partial charge in [-0.2, -0.15) is 0 Å². The Morgan fingerprint density at radius 3 is 2.62 bits per heavy atom. The van der Waals surface area contributed by atoms with Crippen LogP contribution in [0.4, 0.5) is 0 Å². The predicted molar refractivity (Wildman–Crippen MR) is 26.3 cm³/mol. The average molecular weight is 114 g/mol. The third kappa shape index (κ3) is 0.665. The number of hydrogen-bond acceptors (Lipinski definition) is 3. The van der Waals surface area contributed by atoms with E-state index < -0.39 is 12.1 Å². The van der Waals surface area contributed by atoms with Crippen LogP contribution in [0.15, 0.2) is 11.8 Å². The molecule has 0 amide bonds. The van der Waals surface area contributed by atoms with Crippen LogP contribution in [-0.2, 0) is 9.53 Å². The van der Waals surface area contributed by atoms with E-state index in [9.17, 15) is 4.79 Å². The Morgan fingerprint density at radius 2 is 2.50 bits per heavy atom. The van der Waals surface area contributed by atoms with Crippen LogP contribution >= 0.6 is 0 Å². The van der Waals surface area contributed by atoms with Crippen molar-refractivity contribution in [3.8, 4) is 0 Å². The number of esters is 1. The molecular weight excluding hydrogens is 108 g/mol. The van der Waals surface area contributed by atoms with Crippen molar-refractivity contribution < 1.29 is 14.6 Å². The van der Waals surface area contributed by atoms with Crippen LogP contribution < -0.4 is 0 Å². The van der Waals surface area contributed by atoms with E-state index in [1.807, 2.05) is 0 Å². The van der Waals surface area contributed by atoms with Crippen molar-refractivity contribution in [2.45, 2.75) is 13.0 Å². The number of carbonyl (C=O) groups excluding carboxylic acids is 1. The van der Waals surface area contributed by atoms with Gasteiger partial charge in [-0.1, -0.05) is 0 Å². The lowest BCUT2D eigenvalue weighted by atomic mass is 10.3. The van der Waals surface area contributed by atoms with Crippen molar-refractivity contribution in [2.75, 3.05) is 0 Å². The topological polar surface area (TPSA) is 46.5 Å². The van der Waals surface area contributed by atoms with Crippen LogP contribution in [0, 0.1) is 0 Å². The first-order chi connectivity index (χ1) is 3.70. The monoisotopic (exact) mass is 114 g/mol. The minimum absolute atomic E-state index is 0.00926. The van der Waals surface area contributed by atoms with Crippen LogP contribution in [0.5, 0.6) is 0 Å². The summed E-state index contributed by atoms with van der Waals surface area (Å²) in [6.07, 6.45) is 0.632. The van der Waals surface area contributed by atoms with E-state index in [4.69, 9.17) is 5.11 Å². The highest BCUT2D eigenvalue weighted by atomic mass is 16.6. The molecule has 0 spiro atoms. The van der Waals surface area contributed by atoms with Gasteiger partial charge in [0.1, 0.15) is 5.76 Å². The smallest absolute Gasteiger partial charge is 0.335 e. The van der Waals surface area contributed by atoms with Crippen molar-refractivity contribution in [3.05, 3.63) is 11.8 Å². The highest BCUT2D eigenvalue weighted by Gasteiger charge is 2.19. The summed E-state index contributed by atoms with van der Waals surface area (Å²) in [4.78, 5) is 10.2. The summed E-state index contributed by atoms with van der Waals surface area (Å²) in [5, 5.41) is 8.68. The molecule has 1 heterocycles. The highest BCUT2D eigenvalue weighted by molar-refractivity contribution is 5.85. The maximum absolute atomic E-state index is 10.2. The van der Waals surface area contributed by atoms with Gasteiger partial charge < -0.3 is 9.84 Å². The van der Waals surface area contributed by atoms with Crippen LogP contribution in [0.3, 0.4) is 0 Å². The minimum Gasteiger partial charge on any atom is -0.508 e. The number of cyclic esters (lactones) is 1. The Bertz CT molecular complexity index is 148. The largest absolute Gasteiger partial charge is 0.508 e. The van der Waals surface area contributed by atoms with Crippen LogP contribution in [-0.4, -0.2) is 17.2 Å². The summed E-state index contributed by atoms with van der Waals surface area (Å²) in [6.45, 7) is 1.61. The van der Waals surface area contributed by atoms with E-state index in [0.717, 1.165) is 6.08 Å². The van der Waals surface area contributed by atoms with Gasteiger partial charge in [-0.05, 0) is 6.92 Å². The number of carbonyl (C=O) groups is 1. The average Bonchev–Trinajstić information content (AvgIpc) is 1.85. The summed E-state index contributed by atoms with van der Waals surface area (Å²) >= 11 is 0. The van der Waals surface area contributed by atoms with Crippen LogP contribution in [0.1, 0.15) is 6.92 Å². The predicted octanol–water partition coefficient (Wildman–Crippen LogP) is 0.374. The van der Waals surface area contributed by atoms with E-state index in [0.29, 0.717) is 0 Å². The fourth-order valence-corrected chi connectivity index (χ4v) is 0.507. The lowest BCUT2D eigenvalue weighted by Crippen LogP contribution is -2.04. The number of rotatable bonds is 0. The maximum Gasteiger partial charge on any atom is 0.335 e. The molecule has 0 aromatic heterocycles. The first kappa shape index (κ1) is 5.15. The SMILES string of the molecule is CC1OC(=O)C=C1O. The minimum atomic E-state index is -0.463. The fraction of sp³-hybridized carbons (Fsp3) is 0.400. The van der Waals surface area contributed by atoms with Gasteiger partial charge in [-0.25, -0.2) is 4.79 Å². The van der Waals surface area contributed by atoms with Gasteiger partial charge in [0.15, 0.2) is 6.10 Å². The molecule has 0 saturated carbocycles. The van der Waals surface area contributed by atoms with Gasteiger partial charge in [-0.3, -0.25) is 0 Å². The molecule has 0 fully saturated rings. The zero-order valence-electron chi connectivity index (χ0n) is 4.42. The Labute approximate surface area is 46.6 Å². The zero-order valence-corrected chi connectivity index (χ0v) is 4.42. The second-order valence-corrected chi connectivity index (χ2v) is 1.65. The lowest BCUT2D eigenvalue weighted by Gasteiger charge is -1.99. The molecule has 3 nitrogen and oxygen atoms in total. The summed E-state index contributed by atoms with van der Waals surface area (Å²) in [5.41, 5.74) is 0. The molecule has 1 aliphatic rings. The first-order valence-electron chi connectivity index (χ1n) is 2.31. The normalized spacial score (nSPS) is 27.4. The van der Waals surface area contributed by atoms with Gasteiger partial charge in [0.2, 0.25) is 0 Å². The molecule has 1 N–H and O–H groups in total. The third-order valence-electron chi connectivity index (χ3n) is 0.975. The molecule has 8 heavy (non-hydrogen) atoms. The van der Waals surface area contributed by atoms with Gasteiger partial charge in [-0.15, -0.1) is 0 Å². The molecule has 0 aromatic carbocycles. The second kappa shape index (κ2) is 1.51. The summed E-state index contributed by atoms with van der Waals surface area (Å²) in [5.74, 6) is -0.454. The quantitative estimate of drug-likeness (QED) is 0.463. The van der Waals surface area contributed by atoms with Crippen molar-refractivity contribution in [2.24, 2.45) is 0 Å². The summed E-state index contributed by atoms with van der Waals surface area (Å²) in [7, 11) is 0. The van der Waals surface area contributed by atoms with Gasteiger partial charge >= 0.3 is 5.97 Å². The molecule has 1 rings (SSSR count). The first-order valence-corrected chi connectivity index (χ1v) is 2.31. The van der Waals surface area contributed by atoms with Crippen molar-refractivity contribution in [3.63, 3.8) is 0 Å². The maximum atomic E-state index is 10.2. The van der Waals surface area contributed by atoms with E-state index in [1.54, 1.807) is 6.92 Å². The standard InChI is InChI=1S/C5H6O3/c1-3-4(6)2-5(7)8-3/h2-3,6H,1H3. The van der Waals surface area contributed by atoms with Crippen LogP contribution in [0.25, 0.3) is 0 Å². The molecule has 0 saturated heterocycles. The lowest BCUT2D eigenvalue weighted by molar-refractivity contribution is -0.138. The number of aliphatic hydroxyl groups is 1. The Hall–Kier alpha value is -0.990.